The van der Waals surface area contributed by atoms with Gasteiger partial charge in [-0.15, -0.1) is 0 Å². The molecule has 1 aliphatic rings. The number of carbonyl (C=O) groups is 1. The van der Waals surface area contributed by atoms with Gasteiger partial charge in [-0.2, -0.15) is 12.7 Å². The lowest BCUT2D eigenvalue weighted by atomic mass is 9.97. The van der Waals surface area contributed by atoms with Crippen LogP contribution >= 0.6 is 0 Å². The van der Waals surface area contributed by atoms with Crippen LogP contribution in [0.25, 0.3) is 0 Å². The summed E-state index contributed by atoms with van der Waals surface area (Å²) in [5, 5.41) is 7.80. The number of amides is 1. The minimum atomic E-state index is -3.65. The first-order valence-corrected chi connectivity index (χ1v) is 7.88. The van der Waals surface area contributed by atoms with Gasteiger partial charge in [-0.05, 0) is 31.4 Å². The number of hydrogen-bond acceptors (Lipinski definition) is 4. The lowest BCUT2D eigenvalue weighted by molar-refractivity contribution is -0.120. The van der Waals surface area contributed by atoms with Crippen LogP contribution in [0.2, 0.25) is 0 Å². The van der Waals surface area contributed by atoms with Gasteiger partial charge in [0.05, 0.1) is 0 Å². The van der Waals surface area contributed by atoms with Gasteiger partial charge in [0.15, 0.2) is 0 Å². The Bertz CT molecular complexity index is 577. The van der Waals surface area contributed by atoms with E-state index in [0.29, 0.717) is 18.7 Å². The van der Waals surface area contributed by atoms with E-state index in [0.717, 1.165) is 5.56 Å². The van der Waals surface area contributed by atoms with Crippen molar-refractivity contribution in [1.82, 2.24) is 9.29 Å². The van der Waals surface area contributed by atoms with Crippen LogP contribution in [0, 0.1) is 12.8 Å². The molecule has 0 unspecified atom stereocenters. The van der Waals surface area contributed by atoms with Gasteiger partial charge >= 0.3 is 0 Å². The minimum absolute atomic E-state index is 0.129. The summed E-state index contributed by atoms with van der Waals surface area (Å²) in [4.78, 5) is 16.2. The first-order valence-electron chi connectivity index (χ1n) is 6.37. The van der Waals surface area contributed by atoms with Crippen molar-refractivity contribution in [2.24, 2.45) is 11.1 Å². The van der Waals surface area contributed by atoms with Crippen LogP contribution in [-0.4, -0.2) is 36.7 Å². The van der Waals surface area contributed by atoms with Gasteiger partial charge < -0.3 is 5.32 Å². The summed E-state index contributed by atoms with van der Waals surface area (Å²) >= 11 is 0. The highest BCUT2D eigenvalue weighted by Gasteiger charge is 2.29. The molecule has 1 fully saturated rings. The normalized spacial score (nSPS) is 17.9. The fraction of sp³-hybridized carbons (Fsp3) is 0.500. The molecule has 2 rings (SSSR count). The lowest BCUT2D eigenvalue weighted by Gasteiger charge is -2.28. The number of anilines is 1. The van der Waals surface area contributed by atoms with Gasteiger partial charge in [0.2, 0.25) is 5.91 Å². The highest BCUT2D eigenvalue weighted by atomic mass is 32.2. The second-order valence-corrected chi connectivity index (χ2v) is 6.47. The molecule has 0 spiro atoms. The van der Waals surface area contributed by atoms with E-state index < -0.39 is 10.2 Å². The first kappa shape index (κ1) is 14.9. The third-order valence-corrected chi connectivity index (χ3v) is 4.43. The van der Waals surface area contributed by atoms with Crippen molar-refractivity contribution in [2.75, 3.05) is 18.4 Å². The maximum Gasteiger partial charge on any atom is 0.276 e. The van der Waals surface area contributed by atoms with Crippen molar-refractivity contribution in [3.8, 4) is 0 Å². The zero-order valence-corrected chi connectivity index (χ0v) is 12.1. The summed E-state index contributed by atoms with van der Waals surface area (Å²) in [7, 11) is -3.65. The lowest BCUT2D eigenvalue weighted by Crippen LogP contribution is -2.44. The summed E-state index contributed by atoms with van der Waals surface area (Å²) in [5.74, 6) is 0.168. The SMILES string of the molecule is Cc1ccc(NC(=O)C2CCN(S(N)(=O)=O)CC2)nc1. The second kappa shape index (κ2) is 5.86. The van der Waals surface area contributed by atoms with E-state index in [2.05, 4.69) is 10.3 Å². The number of rotatable bonds is 3. The van der Waals surface area contributed by atoms with E-state index >= 15 is 0 Å². The monoisotopic (exact) mass is 298 g/mol. The minimum Gasteiger partial charge on any atom is -0.310 e. The average molecular weight is 298 g/mol. The summed E-state index contributed by atoms with van der Waals surface area (Å²) in [6, 6.07) is 3.61. The largest absolute Gasteiger partial charge is 0.310 e. The Labute approximate surface area is 118 Å². The van der Waals surface area contributed by atoms with Crippen LogP contribution < -0.4 is 10.5 Å². The molecular formula is C12H18N4O3S. The number of carbonyl (C=O) groups excluding carboxylic acids is 1. The van der Waals surface area contributed by atoms with Crippen LogP contribution in [0.5, 0.6) is 0 Å². The van der Waals surface area contributed by atoms with Crippen molar-refractivity contribution >= 4 is 21.9 Å². The summed E-state index contributed by atoms with van der Waals surface area (Å²) in [6.45, 7) is 2.47. The highest BCUT2D eigenvalue weighted by molar-refractivity contribution is 7.86. The number of hydrogen-bond donors (Lipinski definition) is 2. The molecule has 0 radical (unpaired) electrons. The molecule has 0 aromatic carbocycles. The summed E-state index contributed by atoms with van der Waals surface area (Å²) in [6.07, 6.45) is 2.61. The molecule has 0 saturated carbocycles. The van der Waals surface area contributed by atoms with Crippen molar-refractivity contribution in [3.63, 3.8) is 0 Å². The number of nitrogens with one attached hydrogen (secondary N) is 1. The number of pyridine rings is 1. The molecule has 2 heterocycles. The number of aromatic nitrogens is 1. The standard InChI is InChI=1S/C12H18N4O3S/c1-9-2-3-11(14-8-9)15-12(17)10-4-6-16(7-5-10)20(13,18)19/h2-3,8,10H,4-7H2,1H3,(H2,13,18,19)(H,14,15,17). The fourth-order valence-corrected chi connectivity index (χ4v) is 2.86. The molecule has 1 aromatic heterocycles. The number of nitrogens with zero attached hydrogens (tertiary/aromatic N) is 2. The van der Waals surface area contributed by atoms with Crippen molar-refractivity contribution < 1.29 is 13.2 Å². The van der Waals surface area contributed by atoms with Crippen LogP contribution in [0.4, 0.5) is 5.82 Å². The summed E-state index contributed by atoms with van der Waals surface area (Å²) < 4.78 is 23.6. The molecule has 8 heteroatoms. The topological polar surface area (TPSA) is 105 Å². The molecule has 0 atom stereocenters. The molecule has 0 bridgehead atoms. The number of nitrogens with two attached hydrogens (primary N) is 1. The smallest absolute Gasteiger partial charge is 0.276 e. The molecule has 1 saturated heterocycles. The van der Waals surface area contributed by atoms with Gasteiger partial charge in [0.25, 0.3) is 10.2 Å². The molecular weight excluding hydrogens is 280 g/mol. The van der Waals surface area contributed by atoms with Gasteiger partial charge in [0, 0.05) is 25.2 Å². The second-order valence-electron chi connectivity index (χ2n) is 4.93. The van der Waals surface area contributed by atoms with Crippen LogP contribution in [0.15, 0.2) is 18.3 Å². The van der Waals surface area contributed by atoms with E-state index in [-0.39, 0.29) is 24.9 Å². The average Bonchev–Trinajstić information content (AvgIpc) is 2.40. The molecule has 20 heavy (non-hydrogen) atoms. The zero-order chi connectivity index (χ0) is 14.8. The Morgan fingerprint density at radius 1 is 1.40 bits per heavy atom. The van der Waals surface area contributed by atoms with Crippen LogP contribution in [-0.2, 0) is 15.0 Å². The quantitative estimate of drug-likeness (QED) is 0.834. The summed E-state index contributed by atoms with van der Waals surface area (Å²) in [5.41, 5.74) is 1.02. The third kappa shape index (κ3) is 3.75. The molecule has 0 aliphatic carbocycles. The molecule has 110 valence electrons. The maximum absolute atomic E-state index is 12.1. The molecule has 1 amide bonds. The van der Waals surface area contributed by atoms with Crippen molar-refractivity contribution in [1.29, 1.82) is 0 Å². The molecule has 1 aromatic rings. The van der Waals surface area contributed by atoms with E-state index in [1.165, 1.54) is 4.31 Å². The Kier molecular flexibility index (Phi) is 4.36. The molecule has 1 aliphatic heterocycles. The maximum atomic E-state index is 12.1. The van der Waals surface area contributed by atoms with Gasteiger partial charge in [-0.25, -0.2) is 10.1 Å². The van der Waals surface area contributed by atoms with Crippen molar-refractivity contribution in [3.05, 3.63) is 23.9 Å². The third-order valence-electron chi connectivity index (χ3n) is 3.35. The van der Waals surface area contributed by atoms with Crippen LogP contribution in [0.3, 0.4) is 0 Å². The van der Waals surface area contributed by atoms with E-state index in [1.807, 2.05) is 13.0 Å². The fourth-order valence-electron chi connectivity index (χ4n) is 2.14. The highest BCUT2D eigenvalue weighted by Crippen LogP contribution is 2.20. The zero-order valence-electron chi connectivity index (χ0n) is 11.2. The van der Waals surface area contributed by atoms with Gasteiger partial charge in [-0.3, -0.25) is 4.79 Å². The first-order chi connectivity index (χ1) is 9.36. The predicted octanol–water partition coefficient (Wildman–Crippen LogP) is 0.244. The van der Waals surface area contributed by atoms with E-state index in [1.54, 1.807) is 12.3 Å². The Hall–Kier alpha value is -1.51. The van der Waals surface area contributed by atoms with Crippen molar-refractivity contribution in [2.45, 2.75) is 19.8 Å². The number of aryl methyl sites for hydroxylation is 1. The number of piperidine rings is 1. The molecule has 3 N–H and O–H groups in total. The Balaban J connectivity index is 1.90. The Morgan fingerprint density at radius 2 is 2.05 bits per heavy atom. The van der Waals surface area contributed by atoms with Gasteiger partial charge in [0.1, 0.15) is 5.82 Å². The van der Waals surface area contributed by atoms with E-state index in [4.69, 9.17) is 5.14 Å². The Morgan fingerprint density at radius 3 is 2.55 bits per heavy atom. The van der Waals surface area contributed by atoms with E-state index in [9.17, 15) is 13.2 Å². The van der Waals surface area contributed by atoms with Crippen LogP contribution in [0.1, 0.15) is 18.4 Å². The predicted molar refractivity (Wildman–Crippen MR) is 75.0 cm³/mol. The van der Waals surface area contributed by atoms with Gasteiger partial charge in [-0.1, -0.05) is 6.07 Å². The molecule has 7 nitrogen and oxygen atoms in total.